The van der Waals surface area contributed by atoms with Crippen molar-refractivity contribution in [2.75, 3.05) is 7.11 Å². The molecule has 0 aliphatic carbocycles. The molecule has 3 nitrogen and oxygen atoms in total. The fourth-order valence-electron chi connectivity index (χ4n) is 0.849. The van der Waals surface area contributed by atoms with E-state index in [0.29, 0.717) is 11.0 Å². The fraction of sp³-hybridized carbons (Fsp3) is 0.429. The molecule has 0 aliphatic heterocycles. The number of methoxy groups -OCH3 is 1. The van der Waals surface area contributed by atoms with E-state index in [0.717, 1.165) is 12.0 Å². The van der Waals surface area contributed by atoms with Crippen molar-refractivity contribution in [3.63, 3.8) is 0 Å². The van der Waals surface area contributed by atoms with Gasteiger partial charge < -0.3 is 4.74 Å². The van der Waals surface area contributed by atoms with E-state index in [9.17, 15) is 0 Å². The lowest BCUT2D eigenvalue weighted by Crippen LogP contribution is -1.96. The van der Waals surface area contributed by atoms with Gasteiger partial charge in [-0.05, 0) is 6.42 Å². The van der Waals surface area contributed by atoms with Gasteiger partial charge in [-0.2, -0.15) is 0 Å². The zero-order valence-electron chi connectivity index (χ0n) is 6.47. The Labute approximate surface area is 70.4 Å². The predicted molar refractivity (Wildman–Crippen MR) is 43.0 cm³/mol. The summed E-state index contributed by atoms with van der Waals surface area (Å²) in [6.45, 7) is 1.98. The highest BCUT2D eigenvalue weighted by atomic mass is 35.5. The van der Waals surface area contributed by atoms with Gasteiger partial charge in [0, 0.05) is 0 Å². The lowest BCUT2D eigenvalue weighted by molar-refractivity contribution is 0.391. The lowest BCUT2D eigenvalue weighted by atomic mass is 10.2. The van der Waals surface area contributed by atoms with Crippen LogP contribution in [0.2, 0.25) is 5.15 Å². The summed E-state index contributed by atoms with van der Waals surface area (Å²) in [7, 11) is 1.57. The topological polar surface area (TPSA) is 35.0 Å². The van der Waals surface area contributed by atoms with Crippen molar-refractivity contribution in [1.29, 1.82) is 0 Å². The third-order valence-corrected chi connectivity index (χ3v) is 1.73. The summed E-state index contributed by atoms with van der Waals surface area (Å²) >= 11 is 5.78. The van der Waals surface area contributed by atoms with Crippen LogP contribution in [0.5, 0.6) is 5.88 Å². The summed E-state index contributed by atoms with van der Waals surface area (Å²) in [6, 6.07) is 0. The molecule has 0 aromatic carbocycles. The molecule has 0 unspecified atom stereocenters. The van der Waals surface area contributed by atoms with Crippen LogP contribution in [-0.2, 0) is 6.42 Å². The van der Waals surface area contributed by atoms with Crippen LogP contribution in [0, 0.1) is 0 Å². The van der Waals surface area contributed by atoms with Gasteiger partial charge in [-0.1, -0.05) is 18.5 Å². The van der Waals surface area contributed by atoms with Crippen molar-refractivity contribution in [3.8, 4) is 5.88 Å². The molecule has 1 aromatic heterocycles. The summed E-state index contributed by atoms with van der Waals surface area (Å²) in [5.74, 6) is 0.563. The minimum atomic E-state index is 0.472. The molecule has 0 bridgehead atoms. The van der Waals surface area contributed by atoms with Gasteiger partial charge in [-0.3, -0.25) is 0 Å². The van der Waals surface area contributed by atoms with Crippen molar-refractivity contribution >= 4 is 11.6 Å². The summed E-state index contributed by atoms with van der Waals surface area (Å²) in [5, 5.41) is 0.472. The van der Waals surface area contributed by atoms with Gasteiger partial charge >= 0.3 is 0 Å². The smallest absolute Gasteiger partial charge is 0.220 e. The number of halogens is 1. The maximum absolute atomic E-state index is 5.78. The maximum Gasteiger partial charge on any atom is 0.220 e. The Morgan fingerprint density at radius 1 is 1.55 bits per heavy atom. The van der Waals surface area contributed by atoms with Crippen LogP contribution in [-0.4, -0.2) is 17.1 Å². The molecule has 1 rings (SSSR count). The molecule has 0 N–H and O–H groups in total. The van der Waals surface area contributed by atoms with Crippen LogP contribution in [0.15, 0.2) is 6.33 Å². The van der Waals surface area contributed by atoms with E-state index in [2.05, 4.69) is 9.97 Å². The van der Waals surface area contributed by atoms with Crippen LogP contribution in [0.4, 0.5) is 0 Å². The average Bonchev–Trinajstić information content (AvgIpc) is 2.04. The lowest BCUT2D eigenvalue weighted by Gasteiger charge is -2.04. The molecule has 0 aliphatic rings. The highest BCUT2D eigenvalue weighted by Gasteiger charge is 2.06. The van der Waals surface area contributed by atoms with Crippen LogP contribution in [0.1, 0.15) is 12.5 Å². The Kier molecular flexibility index (Phi) is 2.65. The van der Waals surface area contributed by atoms with E-state index in [1.54, 1.807) is 7.11 Å². The van der Waals surface area contributed by atoms with Crippen LogP contribution in [0.25, 0.3) is 0 Å². The number of hydrogen-bond donors (Lipinski definition) is 0. The van der Waals surface area contributed by atoms with Gasteiger partial charge in [-0.15, -0.1) is 0 Å². The molecule has 11 heavy (non-hydrogen) atoms. The number of aromatic nitrogens is 2. The van der Waals surface area contributed by atoms with Crippen LogP contribution in [0.3, 0.4) is 0 Å². The van der Waals surface area contributed by atoms with Crippen LogP contribution >= 0.6 is 11.6 Å². The zero-order valence-corrected chi connectivity index (χ0v) is 7.22. The number of hydrogen-bond acceptors (Lipinski definition) is 3. The first-order valence-corrected chi connectivity index (χ1v) is 3.70. The minimum absolute atomic E-state index is 0.472. The molecule has 0 spiro atoms. The number of nitrogens with zero attached hydrogens (tertiary/aromatic N) is 2. The van der Waals surface area contributed by atoms with Gasteiger partial charge in [0.1, 0.15) is 11.5 Å². The van der Waals surface area contributed by atoms with E-state index < -0.39 is 0 Å². The maximum atomic E-state index is 5.78. The van der Waals surface area contributed by atoms with E-state index in [-0.39, 0.29) is 0 Å². The SMILES string of the molecule is CCc1c(Cl)ncnc1OC. The quantitative estimate of drug-likeness (QED) is 0.637. The van der Waals surface area contributed by atoms with Gasteiger partial charge in [-0.25, -0.2) is 9.97 Å². The molecular formula is C7H9ClN2O. The second-order valence-corrected chi connectivity index (χ2v) is 2.36. The first-order valence-electron chi connectivity index (χ1n) is 3.33. The van der Waals surface area contributed by atoms with Gasteiger partial charge in [0.2, 0.25) is 5.88 Å². The molecule has 4 heteroatoms. The molecular weight excluding hydrogens is 164 g/mol. The van der Waals surface area contributed by atoms with Crippen molar-refractivity contribution in [1.82, 2.24) is 9.97 Å². The predicted octanol–water partition coefficient (Wildman–Crippen LogP) is 1.70. The molecule has 1 aromatic rings. The van der Waals surface area contributed by atoms with Crippen molar-refractivity contribution < 1.29 is 4.74 Å². The summed E-state index contributed by atoms with van der Waals surface area (Å²) < 4.78 is 4.98. The first kappa shape index (κ1) is 8.27. The standard InChI is InChI=1S/C7H9ClN2O/c1-3-5-6(8)9-4-10-7(5)11-2/h4H,3H2,1-2H3. The van der Waals surface area contributed by atoms with Gasteiger partial charge in [0.05, 0.1) is 12.7 Å². The van der Waals surface area contributed by atoms with E-state index in [1.807, 2.05) is 6.92 Å². The fourth-order valence-corrected chi connectivity index (χ4v) is 1.11. The van der Waals surface area contributed by atoms with Gasteiger partial charge in [0.15, 0.2) is 0 Å². The van der Waals surface area contributed by atoms with Crippen LogP contribution < -0.4 is 4.74 Å². The van der Waals surface area contributed by atoms with E-state index in [4.69, 9.17) is 16.3 Å². The Bertz CT molecular complexity index is 252. The molecule has 0 amide bonds. The second-order valence-electron chi connectivity index (χ2n) is 2.01. The molecule has 1 heterocycles. The summed E-state index contributed by atoms with van der Waals surface area (Å²) in [4.78, 5) is 7.74. The second kappa shape index (κ2) is 3.53. The molecule has 60 valence electrons. The Morgan fingerprint density at radius 3 is 2.73 bits per heavy atom. The molecule has 0 atom stereocenters. The third-order valence-electron chi connectivity index (χ3n) is 1.40. The highest BCUT2D eigenvalue weighted by molar-refractivity contribution is 6.30. The average molecular weight is 173 g/mol. The number of ether oxygens (including phenoxy) is 1. The first-order chi connectivity index (χ1) is 5.29. The third kappa shape index (κ3) is 1.60. The highest BCUT2D eigenvalue weighted by Crippen LogP contribution is 2.21. The Morgan fingerprint density at radius 2 is 2.27 bits per heavy atom. The molecule has 0 fully saturated rings. The van der Waals surface area contributed by atoms with E-state index >= 15 is 0 Å². The molecule has 0 saturated carbocycles. The molecule has 0 radical (unpaired) electrons. The van der Waals surface area contributed by atoms with E-state index in [1.165, 1.54) is 6.33 Å². The van der Waals surface area contributed by atoms with Crippen molar-refractivity contribution in [2.45, 2.75) is 13.3 Å². The molecule has 0 saturated heterocycles. The number of rotatable bonds is 2. The zero-order chi connectivity index (χ0) is 8.27. The largest absolute Gasteiger partial charge is 0.481 e. The Balaban J connectivity index is 3.13. The van der Waals surface area contributed by atoms with Gasteiger partial charge in [0.25, 0.3) is 0 Å². The van der Waals surface area contributed by atoms with Crippen molar-refractivity contribution in [3.05, 3.63) is 17.0 Å². The summed E-state index contributed by atoms with van der Waals surface area (Å²) in [6.07, 6.45) is 2.17. The normalized spacial score (nSPS) is 9.73. The summed E-state index contributed by atoms with van der Waals surface area (Å²) in [5.41, 5.74) is 0.858. The monoisotopic (exact) mass is 172 g/mol. The minimum Gasteiger partial charge on any atom is -0.481 e. The Hall–Kier alpha value is -0.830. The van der Waals surface area contributed by atoms with Crippen molar-refractivity contribution in [2.24, 2.45) is 0 Å².